The highest BCUT2D eigenvalue weighted by molar-refractivity contribution is 5.71. The van der Waals surface area contributed by atoms with Crippen LogP contribution >= 0.6 is 0 Å². The van der Waals surface area contributed by atoms with Crippen LogP contribution in [0.3, 0.4) is 0 Å². The predicted octanol–water partition coefficient (Wildman–Crippen LogP) is 2.25. The van der Waals surface area contributed by atoms with E-state index in [2.05, 4.69) is 9.97 Å². The van der Waals surface area contributed by atoms with Crippen LogP contribution in [0.25, 0.3) is 11.3 Å². The molecular weight excluding hydrogens is 232 g/mol. The highest BCUT2D eigenvalue weighted by Gasteiger charge is 2.17. The topological polar surface area (TPSA) is 94.9 Å². The monoisotopic (exact) mass is 244 g/mol. The summed E-state index contributed by atoms with van der Waals surface area (Å²) in [4.78, 5) is 18.8. The van der Waals surface area contributed by atoms with Crippen LogP contribution in [0.15, 0.2) is 24.3 Å². The number of rotatable bonds is 2. The molecule has 0 saturated carbocycles. The van der Waals surface area contributed by atoms with Gasteiger partial charge in [0.2, 0.25) is 0 Å². The van der Waals surface area contributed by atoms with E-state index < -0.39 is 4.92 Å². The van der Waals surface area contributed by atoms with Gasteiger partial charge in [-0.05, 0) is 32.0 Å². The van der Waals surface area contributed by atoms with E-state index in [9.17, 15) is 10.1 Å². The molecule has 0 aliphatic heterocycles. The molecule has 0 aliphatic rings. The van der Waals surface area contributed by atoms with Crippen molar-refractivity contribution >= 4 is 11.5 Å². The Bertz CT molecular complexity index is 605. The molecule has 0 spiro atoms. The molecule has 6 heteroatoms. The summed E-state index contributed by atoms with van der Waals surface area (Å²) in [6.07, 6.45) is 0. The van der Waals surface area contributed by atoms with Crippen molar-refractivity contribution < 1.29 is 4.92 Å². The van der Waals surface area contributed by atoms with Gasteiger partial charge in [0, 0.05) is 23.0 Å². The van der Waals surface area contributed by atoms with Crippen molar-refractivity contribution in [3.05, 3.63) is 45.8 Å². The maximum absolute atomic E-state index is 11.0. The predicted molar refractivity (Wildman–Crippen MR) is 68.0 cm³/mol. The number of nitrogens with zero attached hydrogens (tertiary/aromatic N) is 3. The summed E-state index contributed by atoms with van der Waals surface area (Å²) in [5.41, 5.74) is 8.02. The molecule has 92 valence electrons. The molecule has 0 aromatic carbocycles. The molecule has 2 heterocycles. The van der Waals surface area contributed by atoms with Gasteiger partial charge >= 0.3 is 0 Å². The Labute approximate surface area is 104 Å². The molecule has 0 saturated heterocycles. The quantitative estimate of drug-likeness (QED) is 0.645. The van der Waals surface area contributed by atoms with E-state index in [1.807, 2.05) is 13.8 Å². The zero-order chi connectivity index (χ0) is 13.3. The van der Waals surface area contributed by atoms with Gasteiger partial charge in [-0.15, -0.1) is 0 Å². The minimum absolute atomic E-state index is 0.0609. The van der Waals surface area contributed by atoms with Crippen LogP contribution < -0.4 is 5.73 Å². The van der Waals surface area contributed by atoms with Crippen LogP contribution in [0.4, 0.5) is 11.5 Å². The van der Waals surface area contributed by atoms with Gasteiger partial charge < -0.3 is 5.73 Å². The number of pyridine rings is 2. The van der Waals surface area contributed by atoms with Crippen LogP contribution in [0, 0.1) is 24.0 Å². The summed E-state index contributed by atoms with van der Waals surface area (Å²) < 4.78 is 0. The number of nitro groups is 1. The Morgan fingerprint density at radius 2 is 1.78 bits per heavy atom. The Kier molecular flexibility index (Phi) is 2.93. The van der Waals surface area contributed by atoms with Crippen molar-refractivity contribution in [1.82, 2.24) is 9.97 Å². The lowest BCUT2D eigenvalue weighted by Gasteiger charge is -2.05. The Hall–Kier alpha value is -2.50. The fourth-order valence-electron chi connectivity index (χ4n) is 1.80. The second-order valence-corrected chi connectivity index (χ2v) is 4.00. The zero-order valence-corrected chi connectivity index (χ0v) is 10.0. The standard InChI is InChI=1S/C12H12N4O2/c1-7-5-9(6-8(2)14-7)12-10(16(17)18)3-4-11(13)15-12/h3-6H,1-2H3,(H2,13,15). The first kappa shape index (κ1) is 12.0. The molecule has 0 fully saturated rings. The summed E-state index contributed by atoms with van der Waals surface area (Å²) in [6, 6.07) is 6.29. The zero-order valence-electron chi connectivity index (χ0n) is 10.0. The molecule has 0 bridgehead atoms. The lowest BCUT2D eigenvalue weighted by Crippen LogP contribution is -1.99. The van der Waals surface area contributed by atoms with Crippen molar-refractivity contribution in [1.29, 1.82) is 0 Å². The van der Waals surface area contributed by atoms with Gasteiger partial charge in [-0.1, -0.05) is 0 Å². The summed E-state index contributed by atoms with van der Waals surface area (Å²) >= 11 is 0. The molecule has 0 aliphatic carbocycles. The van der Waals surface area contributed by atoms with E-state index in [0.29, 0.717) is 5.56 Å². The van der Waals surface area contributed by atoms with Gasteiger partial charge in [-0.3, -0.25) is 15.1 Å². The van der Waals surface area contributed by atoms with Crippen LogP contribution in [0.2, 0.25) is 0 Å². The van der Waals surface area contributed by atoms with Crippen LogP contribution in [-0.2, 0) is 0 Å². The van der Waals surface area contributed by atoms with Crippen molar-refractivity contribution in [3.8, 4) is 11.3 Å². The van der Waals surface area contributed by atoms with E-state index in [1.165, 1.54) is 12.1 Å². The number of aromatic nitrogens is 2. The lowest BCUT2D eigenvalue weighted by molar-refractivity contribution is -0.384. The third kappa shape index (κ3) is 2.27. The maximum atomic E-state index is 11.0. The molecule has 18 heavy (non-hydrogen) atoms. The highest BCUT2D eigenvalue weighted by atomic mass is 16.6. The summed E-state index contributed by atoms with van der Waals surface area (Å²) in [5.74, 6) is 0.253. The minimum atomic E-state index is -0.465. The molecule has 2 aromatic rings. The first-order valence-corrected chi connectivity index (χ1v) is 5.34. The van der Waals surface area contributed by atoms with E-state index in [1.54, 1.807) is 12.1 Å². The Morgan fingerprint density at radius 3 is 2.33 bits per heavy atom. The average molecular weight is 244 g/mol. The van der Waals surface area contributed by atoms with E-state index >= 15 is 0 Å². The van der Waals surface area contributed by atoms with Gasteiger partial charge in [-0.25, -0.2) is 4.98 Å². The van der Waals surface area contributed by atoms with E-state index in [-0.39, 0.29) is 17.2 Å². The number of nitrogen functional groups attached to an aromatic ring is 1. The third-order valence-electron chi connectivity index (χ3n) is 2.45. The van der Waals surface area contributed by atoms with Gasteiger partial charge in [0.25, 0.3) is 5.69 Å². The molecule has 2 rings (SSSR count). The van der Waals surface area contributed by atoms with Gasteiger partial charge in [0.05, 0.1) is 4.92 Å². The minimum Gasteiger partial charge on any atom is -0.384 e. The van der Waals surface area contributed by atoms with Crippen LogP contribution in [-0.4, -0.2) is 14.9 Å². The SMILES string of the molecule is Cc1cc(-c2nc(N)ccc2[N+](=O)[O-])cc(C)n1. The van der Waals surface area contributed by atoms with Crippen molar-refractivity contribution in [2.75, 3.05) is 5.73 Å². The molecule has 2 N–H and O–H groups in total. The fraction of sp³-hybridized carbons (Fsp3) is 0.167. The summed E-state index contributed by atoms with van der Waals surface area (Å²) in [6.45, 7) is 3.66. The smallest absolute Gasteiger partial charge is 0.295 e. The van der Waals surface area contributed by atoms with Gasteiger partial charge in [0.15, 0.2) is 5.69 Å². The number of hydrogen-bond acceptors (Lipinski definition) is 5. The van der Waals surface area contributed by atoms with Gasteiger partial charge in [0.1, 0.15) is 5.82 Å². The lowest BCUT2D eigenvalue weighted by atomic mass is 10.1. The molecule has 6 nitrogen and oxygen atoms in total. The first-order valence-electron chi connectivity index (χ1n) is 5.34. The Balaban J connectivity index is 2.68. The highest BCUT2D eigenvalue weighted by Crippen LogP contribution is 2.29. The molecule has 2 aromatic heterocycles. The first-order chi connectivity index (χ1) is 8.47. The fourth-order valence-corrected chi connectivity index (χ4v) is 1.80. The second-order valence-electron chi connectivity index (χ2n) is 4.00. The molecular formula is C12H12N4O2. The molecule has 0 atom stereocenters. The van der Waals surface area contributed by atoms with Crippen LogP contribution in [0.5, 0.6) is 0 Å². The third-order valence-corrected chi connectivity index (χ3v) is 2.45. The largest absolute Gasteiger partial charge is 0.384 e. The number of anilines is 1. The maximum Gasteiger partial charge on any atom is 0.295 e. The Morgan fingerprint density at radius 1 is 1.17 bits per heavy atom. The summed E-state index contributed by atoms with van der Waals surface area (Å²) in [5, 5.41) is 11.0. The van der Waals surface area contributed by atoms with Crippen molar-refractivity contribution in [2.45, 2.75) is 13.8 Å². The summed E-state index contributed by atoms with van der Waals surface area (Å²) in [7, 11) is 0. The normalized spacial score (nSPS) is 10.3. The number of hydrogen-bond donors (Lipinski definition) is 1. The van der Waals surface area contributed by atoms with E-state index in [0.717, 1.165) is 11.4 Å². The van der Waals surface area contributed by atoms with Crippen molar-refractivity contribution in [2.24, 2.45) is 0 Å². The van der Waals surface area contributed by atoms with Crippen molar-refractivity contribution in [3.63, 3.8) is 0 Å². The molecule has 0 unspecified atom stereocenters. The molecule has 0 amide bonds. The second kappa shape index (κ2) is 4.40. The van der Waals surface area contributed by atoms with Gasteiger partial charge in [-0.2, -0.15) is 0 Å². The van der Waals surface area contributed by atoms with E-state index in [4.69, 9.17) is 5.73 Å². The molecule has 0 radical (unpaired) electrons. The average Bonchev–Trinajstić information content (AvgIpc) is 2.27. The van der Waals surface area contributed by atoms with Crippen LogP contribution in [0.1, 0.15) is 11.4 Å². The number of nitrogens with two attached hydrogens (primary N) is 1. The number of aryl methyl sites for hydroxylation is 2.